The van der Waals surface area contributed by atoms with E-state index in [1.807, 2.05) is 18.5 Å². The topological polar surface area (TPSA) is 70.2 Å². The highest BCUT2D eigenvalue weighted by molar-refractivity contribution is 7.08. The summed E-state index contributed by atoms with van der Waals surface area (Å²) in [5.74, 6) is -0.262. The van der Waals surface area contributed by atoms with Gasteiger partial charge in [-0.3, -0.25) is 14.8 Å². The summed E-state index contributed by atoms with van der Waals surface area (Å²) in [6.07, 6.45) is 9.65. The average Bonchev–Trinajstić information content (AvgIpc) is 3.38. The lowest BCUT2D eigenvalue weighted by atomic mass is 9.97. The van der Waals surface area contributed by atoms with E-state index in [0.717, 1.165) is 32.4 Å². The van der Waals surface area contributed by atoms with Gasteiger partial charge in [-0.2, -0.15) is 11.3 Å². The number of likely N-dealkylation sites (tertiary alicyclic amines) is 1. The van der Waals surface area contributed by atoms with Crippen LogP contribution in [0.1, 0.15) is 53.7 Å². The largest absolute Gasteiger partial charge is 0.352 e. The first-order chi connectivity index (χ1) is 16.5. The number of halogens is 2. The number of nitrogens with zero attached hydrogens (tertiary/aromatic N) is 3. The normalized spacial score (nSPS) is 16.8. The molecule has 2 atom stereocenters. The zero-order chi connectivity index (χ0) is 23.9. The van der Waals surface area contributed by atoms with Crippen molar-refractivity contribution in [3.05, 3.63) is 80.5 Å². The molecule has 0 bridgehead atoms. The third kappa shape index (κ3) is 6.34. The van der Waals surface area contributed by atoms with Crippen molar-refractivity contribution >= 4 is 40.4 Å². The molecule has 3 aromatic rings. The highest BCUT2D eigenvalue weighted by atomic mass is 35.5. The monoisotopic (exact) mass is 517 g/mol. The minimum absolute atomic E-state index is 0.163. The Bertz CT molecular complexity index is 1040. The van der Waals surface area contributed by atoms with E-state index in [0.29, 0.717) is 18.6 Å². The van der Waals surface area contributed by atoms with Crippen LogP contribution in [0.4, 0.5) is 0 Å². The summed E-state index contributed by atoms with van der Waals surface area (Å²) in [7, 11) is 0. The maximum atomic E-state index is 12.5. The highest BCUT2D eigenvalue weighted by Gasteiger charge is 2.26. The van der Waals surface area contributed by atoms with Gasteiger partial charge in [0.2, 0.25) is 0 Å². The van der Waals surface area contributed by atoms with E-state index in [4.69, 9.17) is 23.2 Å². The molecule has 0 radical (unpaired) electrons. The predicted octanol–water partition coefficient (Wildman–Crippen LogP) is 5.20. The zero-order valence-corrected chi connectivity index (χ0v) is 21.4. The minimum Gasteiger partial charge on any atom is -0.352 e. The van der Waals surface area contributed by atoms with Gasteiger partial charge in [0.15, 0.2) is 0 Å². The Morgan fingerprint density at radius 3 is 2.56 bits per heavy atom. The van der Waals surface area contributed by atoms with Crippen LogP contribution in [0.5, 0.6) is 0 Å². The number of aromatic nitrogens is 2. The smallest absolute Gasteiger partial charge is 0.254 e. The third-order valence-corrected chi connectivity index (χ3v) is 7.65. The molecule has 2 N–H and O–H groups in total. The van der Waals surface area contributed by atoms with Gasteiger partial charge in [0.1, 0.15) is 0 Å². The fourth-order valence-corrected chi connectivity index (χ4v) is 5.63. The SMILES string of the molecule is CC(CCNC(=O)c1c(Cl)cncc1Cl)N1CCC(NC(c2cccnc2)c2ccsc2)CC1. The summed E-state index contributed by atoms with van der Waals surface area (Å²) in [4.78, 5) is 23.2. The first-order valence-electron chi connectivity index (χ1n) is 11.5. The molecular formula is C25H29Cl2N5OS. The number of amides is 1. The summed E-state index contributed by atoms with van der Waals surface area (Å²) >= 11 is 13.9. The van der Waals surface area contributed by atoms with Crippen molar-refractivity contribution in [3.8, 4) is 0 Å². The van der Waals surface area contributed by atoms with Gasteiger partial charge in [0.05, 0.1) is 21.7 Å². The number of hydrogen-bond donors (Lipinski definition) is 2. The van der Waals surface area contributed by atoms with Gasteiger partial charge < -0.3 is 15.5 Å². The van der Waals surface area contributed by atoms with Crippen LogP contribution in [-0.2, 0) is 0 Å². The summed E-state index contributed by atoms with van der Waals surface area (Å²) < 4.78 is 0. The number of carbonyl (C=O) groups excluding carboxylic acids is 1. The molecule has 34 heavy (non-hydrogen) atoms. The quantitative estimate of drug-likeness (QED) is 0.408. The molecule has 2 unspecified atom stereocenters. The van der Waals surface area contributed by atoms with E-state index < -0.39 is 0 Å². The first-order valence-corrected chi connectivity index (χ1v) is 13.2. The molecule has 3 aromatic heterocycles. The summed E-state index contributed by atoms with van der Waals surface area (Å²) in [6, 6.07) is 7.30. The molecule has 1 saturated heterocycles. The number of pyridine rings is 2. The van der Waals surface area contributed by atoms with Gasteiger partial charge in [-0.1, -0.05) is 29.3 Å². The second-order valence-corrected chi connectivity index (χ2v) is 10.2. The fraction of sp³-hybridized carbons (Fsp3) is 0.400. The number of thiophene rings is 1. The van der Waals surface area contributed by atoms with E-state index in [1.165, 1.54) is 23.5 Å². The van der Waals surface area contributed by atoms with Crippen molar-refractivity contribution in [1.29, 1.82) is 0 Å². The number of carbonyl (C=O) groups is 1. The molecule has 1 fully saturated rings. The van der Waals surface area contributed by atoms with Crippen LogP contribution in [0.25, 0.3) is 0 Å². The lowest BCUT2D eigenvalue weighted by Gasteiger charge is -2.38. The van der Waals surface area contributed by atoms with E-state index in [-0.39, 0.29) is 27.6 Å². The van der Waals surface area contributed by atoms with Gasteiger partial charge in [-0.15, -0.1) is 0 Å². The van der Waals surface area contributed by atoms with Crippen molar-refractivity contribution in [2.45, 2.75) is 44.3 Å². The molecule has 0 spiro atoms. The van der Waals surface area contributed by atoms with Crippen molar-refractivity contribution < 1.29 is 4.79 Å². The molecule has 1 amide bonds. The Labute approximate surface area is 214 Å². The fourth-order valence-electron chi connectivity index (χ4n) is 4.41. The van der Waals surface area contributed by atoms with Crippen LogP contribution in [0.15, 0.2) is 53.7 Å². The van der Waals surface area contributed by atoms with E-state index in [2.05, 4.69) is 55.3 Å². The van der Waals surface area contributed by atoms with Crippen molar-refractivity contribution in [2.24, 2.45) is 0 Å². The number of piperidine rings is 1. The van der Waals surface area contributed by atoms with Crippen molar-refractivity contribution in [1.82, 2.24) is 25.5 Å². The van der Waals surface area contributed by atoms with Crippen LogP contribution in [0, 0.1) is 0 Å². The first kappa shape index (κ1) is 25.1. The van der Waals surface area contributed by atoms with Crippen LogP contribution < -0.4 is 10.6 Å². The molecule has 180 valence electrons. The summed E-state index contributed by atoms with van der Waals surface area (Å²) in [6.45, 7) is 4.83. The standard InChI is InChI=1S/C25H29Cl2N5OS/c1-17(4-9-30-25(33)23-21(26)14-29-15-22(23)27)32-10-5-20(6-11-32)31-24(19-7-12-34-16-19)18-3-2-8-28-13-18/h2-3,7-8,12-17,20,24,31H,4-6,9-11H2,1H3,(H,30,33). The van der Waals surface area contributed by atoms with Crippen molar-refractivity contribution in [2.75, 3.05) is 19.6 Å². The van der Waals surface area contributed by atoms with E-state index in [1.54, 1.807) is 11.3 Å². The summed E-state index contributed by atoms with van der Waals surface area (Å²) in [5.41, 5.74) is 2.77. The van der Waals surface area contributed by atoms with Crippen LogP contribution in [0.3, 0.4) is 0 Å². The minimum atomic E-state index is -0.262. The molecule has 0 aromatic carbocycles. The third-order valence-electron chi connectivity index (χ3n) is 6.38. The number of nitrogens with one attached hydrogen (secondary N) is 2. The molecule has 0 saturated carbocycles. The van der Waals surface area contributed by atoms with Crippen molar-refractivity contribution in [3.63, 3.8) is 0 Å². The van der Waals surface area contributed by atoms with Gasteiger partial charge in [-0.25, -0.2) is 0 Å². The van der Waals surface area contributed by atoms with E-state index in [9.17, 15) is 4.79 Å². The molecule has 1 aliphatic rings. The van der Waals surface area contributed by atoms with Crippen LogP contribution >= 0.6 is 34.5 Å². The van der Waals surface area contributed by atoms with Gasteiger partial charge in [0, 0.05) is 43.4 Å². The average molecular weight is 519 g/mol. The zero-order valence-electron chi connectivity index (χ0n) is 19.1. The lowest BCUT2D eigenvalue weighted by Crippen LogP contribution is -2.47. The maximum Gasteiger partial charge on any atom is 0.254 e. The Balaban J connectivity index is 1.25. The molecule has 4 rings (SSSR count). The molecule has 9 heteroatoms. The predicted molar refractivity (Wildman–Crippen MR) is 139 cm³/mol. The molecule has 6 nitrogen and oxygen atoms in total. The second kappa shape index (κ2) is 12.1. The van der Waals surface area contributed by atoms with Crippen LogP contribution in [-0.4, -0.2) is 52.5 Å². The Hall–Kier alpha value is -2.03. The van der Waals surface area contributed by atoms with Gasteiger partial charge in [-0.05, 0) is 73.3 Å². The van der Waals surface area contributed by atoms with Gasteiger partial charge >= 0.3 is 0 Å². The number of rotatable bonds is 9. The lowest BCUT2D eigenvalue weighted by molar-refractivity contribution is 0.0944. The van der Waals surface area contributed by atoms with Gasteiger partial charge in [0.25, 0.3) is 5.91 Å². The number of hydrogen-bond acceptors (Lipinski definition) is 6. The Kier molecular flexibility index (Phi) is 8.92. The van der Waals surface area contributed by atoms with Crippen LogP contribution in [0.2, 0.25) is 10.0 Å². The molecule has 4 heterocycles. The molecular weight excluding hydrogens is 489 g/mol. The second-order valence-electron chi connectivity index (χ2n) is 8.62. The molecule has 0 aliphatic carbocycles. The summed E-state index contributed by atoms with van der Waals surface area (Å²) in [5, 5.41) is 11.7. The Morgan fingerprint density at radius 2 is 1.91 bits per heavy atom. The highest BCUT2D eigenvalue weighted by Crippen LogP contribution is 2.26. The Morgan fingerprint density at radius 1 is 1.15 bits per heavy atom. The maximum absolute atomic E-state index is 12.5. The molecule has 1 aliphatic heterocycles. The van der Waals surface area contributed by atoms with E-state index >= 15 is 0 Å².